The molecule has 2 aliphatic heterocycles. The molecule has 1 aromatic carbocycles. The summed E-state index contributed by atoms with van der Waals surface area (Å²) in [6.45, 7) is 3.20. The van der Waals surface area contributed by atoms with Crippen LogP contribution in [0.4, 0.5) is 0 Å². The van der Waals surface area contributed by atoms with Gasteiger partial charge in [0.05, 0.1) is 5.84 Å². The van der Waals surface area contributed by atoms with Gasteiger partial charge in [-0.3, -0.25) is 4.99 Å². The van der Waals surface area contributed by atoms with E-state index in [2.05, 4.69) is 22.4 Å². The van der Waals surface area contributed by atoms with Crippen molar-refractivity contribution in [2.75, 3.05) is 26.3 Å². The molecule has 0 amide bonds. The van der Waals surface area contributed by atoms with Gasteiger partial charge in [-0.25, -0.2) is 0 Å². The second-order valence-corrected chi connectivity index (χ2v) is 5.29. The Hall–Kier alpha value is -1.71. The minimum absolute atomic E-state index is 0.644. The van der Waals surface area contributed by atoms with Crippen LogP contribution in [0.15, 0.2) is 23.2 Å². The lowest BCUT2D eigenvalue weighted by Crippen LogP contribution is -2.25. The number of hydrogen-bond acceptors (Lipinski definition) is 4. The maximum atomic E-state index is 5.61. The third kappa shape index (κ3) is 3.44. The smallest absolute Gasteiger partial charge is 0.161 e. The number of benzene rings is 1. The lowest BCUT2D eigenvalue weighted by molar-refractivity contribution is 0.171. The summed E-state index contributed by atoms with van der Waals surface area (Å²) >= 11 is 0. The maximum absolute atomic E-state index is 5.61. The van der Waals surface area contributed by atoms with Crippen LogP contribution in [0, 0.1) is 0 Å². The zero-order valence-corrected chi connectivity index (χ0v) is 11.9. The van der Waals surface area contributed by atoms with Crippen molar-refractivity contribution in [3.05, 3.63) is 23.8 Å². The molecule has 0 bridgehead atoms. The second kappa shape index (κ2) is 6.64. The Morgan fingerprint density at radius 2 is 1.95 bits per heavy atom. The molecular weight excluding hydrogens is 252 g/mol. The summed E-state index contributed by atoms with van der Waals surface area (Å²) < 4.78 is 11.1. The first kappa shape index (κ1) is 13.3. The Labute approximate surface area is 120 Å². The van der Waals surface area contributed by atoms with E-state index >= 15 is 0 Å². The highest BCUT2D eigenvalue weighted by atomic mass is 16.6. The van der Waals surface area contributed by atoms with Crippen LogP contribution >= 0.6 is 0 Å². The molecule has 3 rings (SSSR count). The number of ether oxygens (including phenoxy) is 2. The molecule has 0 unspecified atom stereocenters. The van der Waals surface area contributed by atoms with Gasteiger partial charge in [0.1, 0.15) is 13.2 Å². The summed E-state index contributed by atoms with van der Waals surface area (Å²) in [4.78, 5) is 4.59. The van der Waals surface area contributed by atoms with Gasteiger partial charge in [0.25, 0.3) is 0 Å². The van der Waals surface area contributed by atoms with Gasteiger partial charge in [-0.1, -0.05) is 12.5 Å². The molecule has 4 nitrogen and oxygen atoms in total. The molecule has 2 aliphatic rings. The lowest BCUT2D eigenvalue weighted by Gasteiger charge is -2.19. The van der Waals surface area contributed by atoms with Crippen LogP contribution in [-0.2, 0) is 6.42 Å². The lowest BCUT2D eigenvalue weighted by atomic mass is 10.1. The van der Waals surface area contributed by atoms with Gasteiger partial charge >= 0.3 is 0 Å². The van der Waals surface area contributed by atoms with E-state index in [1.54, 1.807) is 0 Å². The quantitative estimate of drug-likeness (QED) is 0.921. The summed E-state index contributed by atoms with van der Waals surface area (Å²) in [6, 6.07) is 6.21. The zero-order chi connectivity index (χ0) is 13.6. The van der Waals surface area contributed by atoms with E-state index in [4.69, 9.17) is 9.47 Å². The highest BCUT2D eigenvalue weighted by Crippen LogP contribution is 2.30. The number of amidine groups is 1. The van der Waals surface area contributed by atoms with Gasteiger partial charge in [-0.2, -0.15) is 0 Å². The molecule has 0 saturated carbocycles. The number of nitrogens with one attached hydrogen (secondary N) is 1. The fraction of sp³-hybridized carbons (Fsp3) is 0.562. The van der Waals surface area contributed by atoms with Crippen LogP contribution in [-0.4, -0.2) is 32.1 Å². The fourth-order valence-corrected chi connectivity index (χ4v) is 2.61. The molecule has 1 N–H and O–H groups in total. The van der Waals surface area contributed by atoms with Gasteiger partial charge in [0.2, 0.25) is 0 Å². The number of hydrogen-bond donors (Lipinski definition) is 1. The van der Waals surface area contributed by atoms with Crippen LogP contribution in [0.25, 0.3) is 0 Å². The van der Waals surface area contributed by atoms with Crippen LogP contribution in [0.1, 0.15) is 31.2 Å². The van der Waals surface area contributed by atoms with E-state index in [1.165, 1.54) is 30.7 Å². The minimum Gasteiger partial charge on any atom is -0.486 e. The van der Waals surface area contributed by atoms with Crippen molar-refractivity contribution in [2.45, 2.75) is 32.1 Å². The normalized spacial score (nSPS) is 18.1. The molecule has 0 spiro atoms. The average molecular weight is 274 g/mol. The van der Waals surface area contributed by atoms with Crippen molar-refractivity contribution < 1.29 is 9.47 Å². The van der Waals surface area contributed by atoms with Gasteiger partial charge < -0.3 is 14.8 Å². The van der Waals surface area contributed by atoms with Crippen LogP contribution in [0.2, 0.25) is 0 Å². The molecule has 0 fully saturated rings. The second-order valence-electron chi connectivity index (χ2n) is 5.29. The van der Waals surface area contributed by atoms with E-state index in [1.807, 2.05) is 6.07 Å². The molecule has 1 aromatic rings. The van der Waals surface area contributed by atoms with Crippen molar-refractivity contribution in [2.24, 2.45) is 4.99 Å². The summed E-state index contributed by atoms with van der Waals surface area (Å²) in [5.74, 6) is 2.92. The highest BCUT2D eigenvalue weighted by molar-refractivity contribution is 5.82. The fourth-order valence-electron chi connectivity index (χ4n) is 2.61. The Morgan fingerprint density at radius 1 is 1.05 bits per heavy atom. The first-order valence-corrected chi connectivity index (χ1v) is 7.57. The molecule has 2 heterocycles. The molecule has 108 valence electrons. The first-order valence-electron chi connectivity index (χ1n) is 7.57. The Bertz CT molecular complexity index is 485. The minimum atomic E-state index is 0.644. The summed E-state index contributed by atoms with van der Waals surface area (Å²) in [7, 11) is 0. The molecule has 0 saturated heterocycles. The molecule has 0 aromatic heterocycles. The van der Waals surface area contributed by atoms with E-state index in [-0.39, 0.29) is 0 Å². The Kier molecular flexibility index (Phi) is 4.41. The zero-order valence-electron chi connectivity index (χ0n) is 11.9. The Balaban J connectivity index is 1.52. The van der Waals surface area contributed by atoms with Gasteiger partial charge in [0.15, 0.2) is 11.5 Å². The van der Waals surface area contributed by atoms with Crippen molar-refractivity contribution in [1.82, 2.24) is 5.32 Å². The number of fused-ring (bicyclic) bond motifs is 1. The highest BCUT2D eigenvalue weighted by Gasteiger charge is 2.11. The molecule has 20 heavy (non-hydrogen) atoms. The summed E-state index contributed by atoms with van der Waals surface area (Å²) in [6.07, 6.45) is 5.87. The largest absolute Gasteiger partial charge is 0.486 e. The van der Waals surface area contributed by atoms with E-state index in [9.17, 15) is 0 Å². The van der Waals surface area contributed by atoms with Crippen LogP contribution in [0.5, 0.6) is 11.5 Å². The molecular formula is C16H22N2O2. The molecule has 0 radical (unpaired) electrons. The van der Waals surface area contributed by atoms with E-state index in [0.717, 1.165) is 37.4 Å². The third-order valence-electron chi connectivity index (χ3n) is 3.72. The van der Waals surface area contributed by atoms with Crippen molar-refractivity contribution in [3.8, 4) is 11.5 Å². The predicted molar refractivity (Wildman–Crippen MR) is 79.9 cm³/mol. The average Bonchev–Trinajstić information content (AvgIpc) is 2.76. The van der Waals surface area contributed by atoms with Gasteiger partial charge in [-0.05, 0) is 37.0 Å². The SMILES string of the molecule is c1cc2c(cc1CCNC1=NCCCCC1)OCCO2. The predicted octanol–water partition coefficient (Wildman–Crippen LogP) is 2.56. The first-order chi connectivity index (χ1) is 9.92. The molecule has 4 heteroatoms. The van der Waals surface area contributed by atoms with Crippen LogP contribution < -0.4 is 14.8 Å². The topological polar surface area (TPSA) is 42.9 Å². The van der Waals surface area contributed by atoms with Gasteiger partial charge in [-0.15, -0.1) is 0 Å². The van der Waals surface area contributed by atoms with E-state index in [0.29, 0.717) is 13.2 Å². The summed E-state index contributed by atoms with van der Waals surface area (Å²) in [5, 5.41) is 3.47. The van der Waals surface area contributed by atoms with Crippen molar-refractivity contribution >= 4 is 5.84 Å². The molecule has 0 atom stereocenters. The molecule has 0 aliphatic carbocycles. The standard InChI is InChI=1S/C16H22N2O2/c1-2-4-16(17-8-3-1)18-9-7-13-5-6-14-15(12-13)20-11-10-19-14/h5-6,12H,1-4,7-11H2,(H,17,18). The maximum Gasteiger partial charge on any atom is 0.161 e. The number of nitrogens with zero attached hydrogens (tertiary/aromatic N) is 1. The van der Waals surface area contributed by atoms with Gasteiger partial charge in [0, 0.05) is 19.5 Å². The van der Waals surface area contributed by atoms with Crippen molar-refractivity contribution in [3.63, 3.8) is 0 Å². The number of rotatable bonds is 3. The van der Waals surface area contributed by atoms with Crippen molar-refractivity contribution in [1.29, 1.82) is 0 Å². The number of aliphatic imine (C=N–C) groups is 1. The van der Waals surface area contributed by atoms with Crippen LogP contribution in [0.3, 0.4) is 0 Å². The summed E-state index contributed by atoms with van der Waals surface area (Å²) in [5.41, 5.74) is 1.27. The third-order valence-corrected chi connectivity index (χ3v) is 3.72. The van der Waals surface area contributed by atoms with E-state index < -0.39 is 0 Å². The Morgan fingerprint density at radius 3 is 2.90 bits per heavy atom. The monoisotopic (exact) mass is 274 g/mol.